The number of piperidine rings is 1. The SMILES string of the molecule is O=C(CCCN1CCN(c2ccccc2)CC1)N1CCC(Nc2ccc([N+](=O)[O-])c(C(F)(F)F)c2)CC1. The summed E-state index contributed by atoms with van der Waals surface area (Å²) >= 11 is 0. The number of hydrogen-bond donors (Lipinski definition) is 1. The lowest BCUT2D eigenvalue weighted by molar-refractivity contribution is -0.388. The molecule has 2 heterocycles. The molecule has 0 spiro atoms. The molecule has 2 aromatic rings. The van der Waals surface area contributed by atoms with E-state index in [1.165, 1.54) is 11.8 Å². The molecule has 0 radical (unpaired) electrons. The Hall–Kier alpha value is -3.34. The maximum atomic E-state index is 13.2. The molecule has 11 heteroatoms. The Morgan fingerprint density at radius 1 is 1.00 bits per heavy atom. The van der Waals surface area contributed by atoms with E-state index in [0.29, 0.717) is 32.4 Å². The number of anilines is 2. The van der Waals surface area contributed by atoms with Crippen LogP contribution in [0.3, 0.4) is 0 Å². The molecule has 0 aliphatic carbocycles. The number of likely N-dealkylation sites (tertiary alicyclic amines) is 1. The van der Waals surface area contributed by atoms with Crippen LogP contribution in [0, 0.1) is 10.1 Å². The summed E-state index contributed by atoms with van der Waals surface area (Å²) in [4.78, 5) is 29.2. The first-order valence-electron chi connectivity index (χ1n) is 12.6. The van der Waals surface area contributed by atoms with Crippen LogP contribution in [0.1, 0.15) is 31.2 Å². The van der Waals surface area contributed by atoms with Gasteiger partial charge in [0.1, 0.15) is 5.56 Å². The van der Waals surface area contributed by atoms with Gasteiger partial charge in [-0.25, -0.2) is 0 Å². The number of halogens is 3. The van der Waals surface area contributed by atoms with Gasteiger partial charge in [-0.2, -0.15) is 13.2 Å². The van der Waals surface area contributed by atoms with Gasteiger partial charge < -0.3 is 15.1 Å². The van der Waals surface area contributed by atoms with Crippen LogP contribution < -0.4 is 10.2 Å². The first-order valence-corrected chi connectivity index (χ1v) is 12.6. The topological polar surface area (TPSA) is 82.0 Å². The normalized spacial score (nSPS) is 17.6. The molecule has 2 saturated heterocycles. The number of alkyl halides is 3. The van der Waals surface area contributed by atoms with Gasteiger partial charge in [-0.05, 0) is 50.1 Å². The van der Waals surface area contributed by atoms with Crippen LogP contribution in [-0.2, 0) is 11.0 Å². The van der Waals surface area contributed by atoms with E-state index in [1.54, 1.807) is 0 Å². The lowest BCUT2D eigenvalue weighted by Crippen LogP contribution is -2.47. The van der Waals surface area contributed by atoms with E-state index >= 15 is 0 Å². The second kappa shape index (κ2) is 11.8. The Labute approximate surface area is 214 Å². The monoisotopic (exact) mass is 519 g/mol. The number of hydrogen-bond acceptors (Lipinski definition) is 6. The second-order valence-electron chi connectivity index (χ2n) is 9.55. The van der Waals surface area contributed by atoms with Crippen molar-refractivity contribution in [3.05, 3.63) is 64.2 Å². The van der Waals surface area contributed by atoms with E-state index in [0.717, 1.165) is 51.3 Å². The van der Waals surface area contributed by atoms with E-state index in [-0.39, 0.29) is 17.6 Å². The zero-order valence-corrected chi connectivity index (χ0v) is 20.6. The third-order valence-electron chi connectivity index (χ3n) is 7.08. The minimum atomic E-state index is -4.81. The predicted octanol–water partition coefficient (Wildman–Crippen LogP) is 4.62. The van der Waals surface area contributed by atoms with Crippen molar-refractivity contribution in [3.63, 3.8) is 0 Å². The quantitative estimate of drug-likeness (QED) is 0.405. The van der Waals surface area contributed by atoms with Crippen molar-refractivity contribution in [3.8, 4) is 0 Å². The highest BCUT2D eigenvalue weighted by Crippen LogP contribution is 2.38. The molecule has 0 unspecified atom stereocenters. The molecule has 2 aliphatic heterocycles. The zero-order chi connectivity index (χ0) is 26.4. The van der Waals surface area contributed by atoms with Gasteiger partial charge in [-0.1, -0.05) is 18.2 Å². The third-order valence-corrected chi connectivity index (χ3v) is 7.08. The van der Waals surface area contributed by atoms with E-state index < -0.39 is 22.4 Å². The van der Waals surface area contributed by atoms with Crippen LogP contribution in [-0.4, -0.2) is 72.5 Å². The highest BCUT2D eigenvalue weighted by Gasteiger charge is 2.38. The molecule has 0 bridgehead atoms. The number of piperazine rings is 1. The Morgan fingerprint density at radius 3 is 2.30 bits per heavy atom. The van der Waals surface area contributed by atoms with Gasteiger partial charge in [0.15, 0.2) is 0 Å². The largest absolute Gasteiger partial charge is 0.423 e. The van der Waals surface area contributed by atoms with Crippen molar-refractivity contribution in [2.45, 2.75) is 37.9 Å². The van der Waals surface area contributed by atoms with E-state index in [9.17, 15) is 28.1 Å². The van der Waals surface area contributed by atoms with Crippen molar-refractivity contribution in [1.82, 2.24) is 9.80 Å². The molecule has 37 heavy (non-hydrogen) atoms. The first-order chi connectivity index (χ1) is 17.7. The van der Waals surface area contributed by atoms with Crippen LogP contribution in [0.4, 0.5) is 30.2 Å². The lowest BCUT2D eigenvalue weighted by Gasteiger charge is -2.36. The summed E-state index contributed by atoms with van der Waals surface area (Å²) in [5.74, 6) is 0.107. The highest BCUT2D eigenvalue weighted by molar-refractivity contribution is 5.76. The molecule has 200 valence electrons. The number of benzene rings is 2. The fourth-order valence-electron chi connectivity index (χ4n) is 5.00. The molecule has 2 aromatic carbocycles. The standard InChI is InChI=1S/C26H32F3N5O3/c27-26(28,29)23-19-21(8-9-24(23)34(36)37)30-20-10-13-33(14-11-20)25(35)7-4-12-31-15-17-32(18-16-31)22-5-2-1-3-6-22/h1-3,5-6,8-9,19-20,30H,4,7,10-18H2. The summed E-state index contributed by atoms with van der Waals surface area (Å²) in [5, 5.41) is 14.0. The van der Waals surface area contributed by atoms with Crippen molar-refractivity contribution < 1.29 is 22.9 Å². The number of carbonyl (C=O) groups excluding carboxylic acids is 1. The fourth-order valence-corrected chi connectivity index (χ4v) is 5.00. The molecular weight excluding hydrogens is 487 g/mol. The van der Waals surface area contributed by atoms with Crippen LogP contribution in [0.2, 0.25) is 0 Å². The molecule has 1 N–H and O–H groups in total. The summed E-state index contributed by atoms with van der Waals surface area (Å²) < 4.78 is 39.7. The van der Waals surface area contributed by atoms with Gasteiger partial charge in [-0.3, -0.25) is 19.8 Å². The van der Waals surface area contributed by atoms with Gasteiger partial charge in [0.05, 0.1) is 4.92 Å². The second-order valence-corrected chi connectivity index (χ2v) is 9.55. The molecule has 2 aliphatic rings. The van der Waals surface area contributed by atoms with Crippen LogP contribution in [0.5, 0.6) is 0 Å². The molecule has 1 amide bonds. The Kier molecular flexibility index (Phi) is 8.52. The fraction of sp³-hybridized carbons (Fsp3) is 0.500. The average molecular weight is 520 g/mol. The summed E-state index contributed by atoms with van der Waals surface area (Å²) in [6.45, 7) is 5.83. The van der Waals surface area contributed by atoms with Crippen LogP contribution in [0.25, 0.3) is 0 Å². The number of nitro benzene ring substituents is 1. The van der Waals surface area contributed by atoms with E-state index in [2.05, 4.69) is 27.2 Å². The summed E-state index contributed by atoms with van der Waals surface area (Å²) in [6, 6.07) is 13.2. The van der Waals surface area contributed by atoms with Gasteiger partial charge >= 0.3 is 6.18 Å². The maximum Gasteiger partial charge on any atom is 0.423 e. The minimum absolute atomic E-state index is 0.104. The lowest BCUT2D eigenvalue weighted by atomic mass is 10.0. The zero-order valence-electron chi connectivity index (χ0n) is 20.6. The van der Waals surface area contributed by atoms with E-state index in [1.807, 2.05) is 23.1 Å². The number of nitrogens with one attached hydrogen (secondary N) is 1. The van der Waals surface area contributed by atoms with Crippen molar-refractivity contribution in [1.29, 1.82) is 0 Å². The van der Waals surface area contributed by atoms with Crippen molar-refractivity contribution >= 4 is 23.0 Å². The Bertz CT molecular complexity index is 1070. The number of amides is 1. The number of rotatable bonds is 8. The number of nitro groups is 1. The van der Waals surface area contributed by atoms with Crippen molar-refractivity contribution in [2.24, 2.45) is 0 Å². The molecule has 0 saturated carbocycles. The Morgan fingerprint density at radius 2 is 1.68 bits per heavy atom. The number of para-hydroxylation sites is 1. The Balaban J connectivity index is 1.17. The van der Waals surface area contributed by atoms with Gasteiger partial charge in [-0.15, -0.1) is 0 Å². The van der Waals surface area contributed by atoms with Gasteiger partial charge in [0.2, 0.25) is 5.91 Å². The van der Waals surface area contributed by atoms with Crippen molar-refractivity contribution in [2.75, 3.05) is 56.0 Å². The highest BCUT2D eigenvalue weighted by atomic mass is 19.4. The number of carbonyl (C=O) groups is 1. The summed E-state index contributed by atoms with van der Waals surface area (Å²) in [6.07, 6.45) is -2.33. The smallest absolute Gasteiger partial charge is 0.382 e. The van der Waals surface area contributed by atoms with Crippen LogP contribution >= 0.6 is 0 Å². The van der Waals surface area contributed by atoms with Gasteiger partial charge in [0, 0.05) is 69.2 Å². The minimum Gasteiger partial charge on any atom is -0.382 e. The summed E-state index contributed by atoms with van der Waals surface area (Å²) in [5.41, 5.74) is -0.798. The molecule has 0 atom stereocenters. The first kappa shape index (κ1) is 26.7. The molecule has 4 rings (SSSR count). The van der Waals surface area contributed by atoms with Crippen LogP contribution in [0.15, 0.2) is 48.5 Å². The van der Waals surface area contributed by atoms with E-state index in [4.69, 9.17) is 0 Å². The third kappa shape index (κ3) is 7.12. The van der Waals surface area contributed by atoms with Gasteiger partial charge in [0.25, 0.3) is 5.69 Å². The molecule has 0 aromatic heterocycles. The average Bonchev–Trinajstić information content (AvgIpc) is 2.89. The summed E-state index contributed by atoms with van der Waals surface area (Å²) in [7, 11) is 0. The molecular formula is C26H32F3N5O3. The predicted molar refractivity (Wildman–Crippen MR) is 136 cm³/mol. The maximum absolute atomic E-state index is 13.2. The molecule has 2 fully saturated rings. The number of nitrogens with zero attached hydrogens (tertiary/aromatic N) is 4. The molecule has 8 nitrogen and oxygen atoms in total.